The first kappa shape index (κ1) is 19.3. The maximum atomic E-state index is 13.0. The lowest BCUT2D eigenvalue weighted by atomic mass is 10.1. The second kappa shape index (κ2) is 8.50. The number of aromatic nitrogens is 2. The SMILES string of the molecule is C[C@@H](Sc1nc(-c2ccccc2)c(C#N)c(=O)[nH]1)C(=O)Nc1ccc(F)cc1. The summed E-state index contributed by atoms with van der Waals surface area (Å²) in [5, 5.41) is 11.6. The summed E-state index contributed by atoms with van der Waals surface area (Å²) in [6.45, 7) is 1.66. The smallest absolute Gasteiger partial charge is 0.270 e. The Morgan fingerprint density at radius 1 is 1.21 bits per heavy atom. The Balaban J connectivity index is 1.83. The molecule has 1 atom stereocenters. The van der Waals surface area contributed by atoms with Gasteiger partial charge in [0.15, 0.2) is 5.16 Å². The molecule has 0 aliphatic heterocycles. The van der Waals surface area contributed by atoms with Crippen LogP contribution in [-0.4, -0.2) is 21.1 Å². The molecule has 0 bridgehead atoms. The third-order valence-electron chi connectivity index (χ3n) is 3.83. The van der Waals surface area contributed by atoms with E-state index < -0.39 is 16.6 Å². The molecular formula is C20H15FN4O2S. The van der Waals surface area contributed by atoms with Gasteiger partial charge in [0, 0.05) is 11.3 Å². The Morgan fingerprint density at radius 3 is 2.54 bits per heavy atom. The highest BCUT2D eigenvalue weighted by Crippen LogP contribution is 2.24. The molecule has 6 nitrogen and oxygen atoms in total. The van der Waals surface area contributed by atoms with Gasteiger partial charge < -0.3 is 10.3 Å². The summed E-state index contributed by atoms with van der Waals surface area (Å²) in [7, 11) is 0. The zero-order valence-electron chi connectivity index (χ0n) is 14.8. The summed E-state index contributed by atoms with van der Waals surface area (Å²) < 4.78 is 13.0. The number of nitrogens with zero attached hydrogens (tertiary/aromatic N) is 2. The van der Waals surface area contributed by atoms with E-state index in [1.165, 1.54) is 24.3 Å². The van der Waals surface area contributed by atoms with Crippen LogP contribution in [0.4, 0.5) is 10.1 Å². The van der Waals surface area contributed by atoms with E-state index in [0.29, 0.717) is 11.3 Å². The molecule has 3 aromatic rings. The van der Waals surface area contributed by atoms with E-state index in [9.17, 15) is 19.2 Å². The van der Waals surface area contributed by atoms with E-state index in [2.05, 4.69) is 15.3 Å². The van der Waals surface area contributed by atoms with Gasteiger partial charge in [0.2, 0.25) is 5.91 Å². The van der Waals surface area contributed by atoms with Gasteiger partial charge in [-0.2, -0.15) is 5.26 Å². The molecule has 1 amide bonds. The van der Waals surface area contributed by atoms with Crippen molar-refractivity contribution in [3.63, 3.8) is 0 Å². The summed E-state index contributed by atoms with van der Waals surface area (Å²) in [5.41, 5.74) is 0.713. The average molecular weight is 394 g/mol. The maximum Gasteiger partial charge on any atom is 0.270 e. The highest BCUT2D eigenvalue weighted by molar-refractivity contribution is 8.00. The summed E-state index contributed by atoms with van der Waals surface area (Å²) >= 11 is 1.05. The van der Waals surface area contributed by atoms with E-state index >= 15 is 0 Å². The van der Waals surface area contributed by atoms with Gasteiger partial charge in [-0.05, 0) is 31.2 Å². The van der Waals surface area contributed by atoms with Crippen LogP contribution >= 0.6 is 11.8 Å². The standard InChI is InChI=1S/C20H15FN4O2S/c1-12(18(26)23-15-9-7-14(21)8-10-15)28-20-24-17(13-5-3-2-4-6-13)16(11-22)19(27)25-20/h2-10,12H,1H3,(H,23,26)(H,24,25,27)/t12-/m1/s1. The molecule has 28 heavy (non-hydrogen) atoms. The third kappa shape index (κ3) is 4.45. The number of nitrogens with one attached hydrogen (secondary N) is 2. The lowest BCUT2D eigenvalue weighted by molar-refractivity contribution is -0.115. The number of aromatic amines is 1. The molecule has 0 radical (unpaired) electrons. The first-order valence-corrected chi connectivity index (χ1v) is 9.19. The van der Waals surface area contributed by atoms with E-state index in [0.717, 1.165) is 11.8 Å². The molecule has 1 heterocycles. The highest BCUT2D eigenvalue weighted by Gasteiger charge is 2.19. The molecule has 3 rings (SSSR count). The molecule has 0 saturated carbocycles. The normalized spacial score (nSPS) is 11.5. The summed E-state index contributed by atoms with van der Waals surface area (Å²) in [4.78, 5) is 31.5. The van der Waals surface area contributed by atoms with Crippen molar-refractivity contribution in [3.8, 4) is 17.3 Å². The second-order valence-corrected chi connectivity index (χ2v) is 7.16. The maximum absolute atomic E-state index is 13.0. The van der Waals surface area contributed by atoms with Gasteiger partial charge in [-0.3, -0.25) is 9.59 Å². The van der Waals surface area contributed by atoms with Crippen LogP contribution < -0.4 is 10.9 Å². The third-order valence-corrected chi connectivity index (χ3v) is 4.81. The molecule has 2 N–H and O–H groups in total. The van der Waals surface area contributed by atoms with Crippen LogP contribution in [0.25, 0.3) is 11.3 Å². The second-order valence-electron chi connectivity index (χ2n) is 5.83. The van der Waals surface area contributed by atoms with Crippen molar-refractivity contribution in [2.24, 2.45) is 0 Å². The van der Waals surface area contributed by atoms with Crippen molar-refractivity contribution in [3.05, 3.63) is 76.3 Å². The molecule has 0 saturated heterocycles. The van der Waals surface area contributed by atoms with Gasteiger partial charge in [-0.1, -0.05) is 42.1 Å². The minimum atomic E-state index is -0.593. The van der Waals surface area contributed by atoms with Gasteiger partial charge in [-0.25, -0.2) is 9.37 Å². The van der Waals surface area contributed by atoms with Crippen LogP contribution in [0.5, 0.6) is 0 Å². The van der Waals surface area contributed by atoms with Crippen molar-refractivity contribution in [2.75, 3.05) is 5.32 Å². The number of rotatable bonds is 5. The molecule has 2 aromatic carbocycles. The number of halogens is 1. The molecule has 0 spiro atoms. The number of amides is 1. The lowest BCUT2D eigenvalue weighted by Crippen LogP contribution is -2.23. The fourth-order valence-electron chi connectivity index (χ4n) is 2.42. The Bertz CT molecular complexity index is 1090. The van der Waals surface area contributed by atoms with Gasteiger partial charge in [-0.15, -0.1) is 0 Å². The number of nitriles is 1. The molecule has 0 aliphatic rings. The predicted molar refractivity (Wildman–Crippen MR) is 105 cm³/mol. The molecule has 8 heteroatoms. The van der Waals surface area contributed by atoms with E-state index in [4.69, 9.17) is 0 Å². The zero-order chi connectivity index (χ0) is 20.1. The Kier molecular flexibility index (Phi) is 5.87. The number of hydrogen-bond donors (Lipinski definition) is 2. The van der Waals surface area contributed by atoms with Gasteiger partial charge in [0.25, 0.3) is 5.56 Å². The first-order chi connectivity index (χ1) is 13.5. The molecule has 140 valence electrons. The Labute approximate surface area is 164 Å². The number of H-pyrrole nitrogens is 1. The largest absolute Gasteiger partial charge is 0.325 e. The van der Waals surface area contributed by atoms with Crippen LogP contribution in [0, 0.1) is 17.1 Å². The van der Waals surface area contributed by atoms with Gasteiger partial charge >= 0.3 is 0 Å². The Hall–Kier alpha value is -3.44. The van der Waals surface area contributed by atoms with Crippen LogP contribution in [0.15, 0.2) is 64.5 Å². The number of benzene rings is 2. The van der Waals surface area contributed by atoms with E-state index in [-0.39, 0.29) is 22.3 Å². The van der Waals surface area contributed by atoms with Crippen LogP contribution in [0.2, 0.25) is 0 Å². The fraction of sp³-hybridized carbons (Fsp3) is 0.100. The first-order valence-electron chi connectivity index (χ1n) is 8.31. The number of hydrogen-bond acceptors (Lipinski definition) is 5. The number of anilines is 1. The number of carbonyl (C=O) groups is 1. The van der Waals surface area contributed by atoms with Crippen molar-refractivity contribution in [2.45, 2.75) is 17.3 Å². The summed E-state index contributed by atoms with van der Waals surface area (Å²) in [6, 6.07) is 16.2. The molecular weight excluding hydrogens is 379 g/mol. The van der Waals surface area contributed by atoms with Gasteiger partial charge in [0.05, 0.1) is 10.9 Å². The molecule has 0 fully saturated rings. The van der Waals surface area contributed by atoms with Crippen molar-refractivity contribution in [1.82, 2.24) is 9.97 Å². The van der Waals surface area contributed by atoms with Crippen LogP contribution in [0.1, 0.15) is 12.5 Å². The fourth-order valence-corrected chi connectivity index (χ4v) is 3.21. The van der Waals surface area contributed by atoms with Crippen molar-refractivity contribution in [1.29, 1.82) is 5.26 Å². The van der Waals surface area contributed by atoms with Crippen molar-refractivity contribution >= 4 is 23.4 Å². The Morgan fingerprint density at radius 2 is 1.89 bits per heavy atom. The van der Waals surface area contributed by atoms with Crippen LogP contribution in [0.3, 0.4) is 0 Å². The molecule has 0 unspecified atom stereocenters. The monoisotopic (exact) mass is 394 g/mol. The minimum absolute atomic E-state index is 0.0843. The molecule has 0 aliphatic carbocycles. The van der Waals surface area contributed by atoms with Crippen molar-refractivity contribution < 1.29 is 9.18 Å². The number of carbonyl (C=O) groups excluding carboxylic acids is 1. The zero-order valence-corrected chi connectivity index (χ0v) is 15.6. The topological polar surface area (TPSA) is 98.6 Å². The number of thioether (sulfide) groups is 1. The van der Waals surface area contributed by atoms with E-state index in [1.807, 2.05) is 12.1 Å². The minimum Gasteiger partial charge on any atom is -0.325 e. The summed E-state index contributed by atoms with van der Waals surface area (Å²) in [5.74, 6) is -0.724. The average Bonchev–Trinajstić information content (AvgIpc) is 2.70. The van der Waals surface area contributed by atoms with E-state index in [1.54, 1.807) is 31.2 Å². The highest BCUT2D eigenvalue weighted by atomic mass is 32.2. The van der Waals surface area contributed by atoms with Crippen LogP contribution in [-0.2, 0) is 4.79 Å². The predicted octanol–water partition coefficient (Wildman–Crippen LogP) is 3.57. The quantitative estimate of drug-likeness (QED) is 0.509. The lowest BCUT2D eigenvalue weighted by Gasteiger charge is -2.12. The summed E-state index contributed by atoms with van der Waals surface area (Å²) in [6.07, 6.45) is 0. The van der Waals surface area contributed by atoms with Gasteiger partial charge in [0.1, 0.15) is 17.4 Å². The molecule has 1 aromatic heterocycles.